The molecule has 4 rings (SSSR count). The van der Waals surface area contributed by atoms with E-state index in [2.05, 4.69) is 15.6 Å². The number of hydrogen-bond acceptors (Lipinski definition) is 7. The standard InChI is InChI=1S/C30H25Cl2N3O6S/c1-40-19-12-13-24(41-2)25(15-19)42-30-20(5-4-14-33-30)28(38)35-23(16-26(36)37)17-8-10-18(11-9-17)34-29(39)27-21(31)6-3-7-22(27)32/h3-15,23H,16H2,1-2H3,(H,34,39)(H,35,38)(H,36,37). The summed E-state index contributed by atoms with van der Waals surface area (Å²) >= 11 is 13.5. The number of carboxylic acids is 1. The van der Waals surface area contributed by atoms with E-state index in [1.165, 1.54) is 18.9 Å². The summed E-state index contributed by atoms with van der Waals surface area (Å²) in [6, 6.07) is 18.8. The maximum atomic E-state index is 13.4. The summed E-state index contributed by atoms with van der Waals surface area (Å²) < 4.78 is 10.8. The van der Waals surface area contributed by atoms with Crippen LogP contribution in [0.3, 0.4) is 0 Å². The van der Waals surface area contributed by atoms with Gasteiger partial charge in [-0.2, -0.15) is 0 Å². The second kappa shape index (κ2) is 14.1. The SMILES string of the molecule is COc1ccc(OC)c(Sc2ncccc2C(=O)NC(CC(=O)O)c2ccc(NC(=O)c3c(Cl)cccc3Cl)cc2)c1. The molecule has 0 aliphatic rings. The van der Waals surface area contributed by atoms with Gasteiger partial charge in [-0.15, -0.1) is 0 Å². The van der Waals surface area contributed by atoms with Gasteiger partial charge in [-0.25, -0.2) is 4.98 Å². The maximum absolute atomic E-state index is 13.4. The number of carbonyl (C=O) groups is 3. The summed E-state index contributed by atoms with van der Waals surface area (Å²) in [6.07, 6.45) is 1.18. The van der Waals surface area contributed by atoms with Gasteiger partial charge in [0, 0.05) is 11.9 Å². The Morgan fingerprint density at radius 1 is 0.929 bits per heavy atom. The fraction of sp³-hybridized carbons (Fsp3) is 0.133. The number of hydrogen-bond donors (Lipinski definition) is 3. The smallest absolute Gasteiger partial charge is 0.305 e. The molecule has 0 aliphatic heterocycles. The largest absolute Gasteiger partial charge is 0.497 e. The zero-order chi connectivity index (χ0) is 30.2. The second-order valence-corrected chi connectivity index (χ2v) is 10.6. The van der Waals surface area contributed by atoms with Crippen molar-refractivity contribution in [1.29, 1.82) is 0 Å². The minimum atomic E-state index is -1.10. The van der Waals surface area contributed by atoms with Crippen molar-refractivity contribution in [2.75, 3.05) is 19.5 Å². The van der Waals surface area contributed by atoms with Gasteiger partial charge in [-0.05, 0) is 60.2 Å². The van der Waals surface area contributed by atoms with Crippen molar-refractivity contribution in [3.05, 3.63) is 106 Å². The van der Waals surface area contributed by atoms with Gasteiger partial charge < -0.3 is 25.2 Å². The molecule has 4 aromatic rings. The van der Waals surface area contributed by atoms with Crippen LogP contribution >= 0.6 is 35.0 Å². The molecule has 0 aliphatic carbocycles. The van der Waals surface area contributed by atoms with E-state index in [4.69, 9.17) is 32.7 Å². The number of rotatable bonds is 11. The minimum absolute atomic E-state index is 0.137. The summed E-state index contributed by atoms with van der Waals surface area (Å²) in [5.74, 6) is -0.928. The molecule has 0 fully saturated rings. The zero-order valence-corrected chi connectivity index (χ0v) is 24.7. The van der Waals surface area contributed by atoms with E-state index in [1.54, 1.807) is 86.1 Å². The first-order valence-electron chi connectivity index (χ1n) is 12.4. The van der Waals surface area contributed by atoms with Gasteiger partial charge >= 0.3 is 5.97 Å². The molecule has 0 radical (unpaired) electrons. The highest BCUT2D eigenvalue weighted by molar-refractivity contribution is 7.99. The van der Waals surface area contributed by atoms with Crippen LogP contribution in [-0.4, -0.2) is 42.1 Å². The van der Waals surface area contributed by atoms with Gasteiger partial charge in [-0.1, -0.05) is 53.2 Å². The van der Waals surface area contributed by atoms with Crippen LogP contribution < -0.4 is 20.1 Å². The Kier molecular flexibility index (Phi) is 10.3. The van der Waals surface area contributed by atoms with Crippen LogP contribution in [0.4, 0.5) is 5.69 Å². The Morgan fingerprint density at radius 2 is 1.64 bits per heavy atom. The topological polar surface area (TPSA) is 127 Å². The van der Waals surface area contributed by atoms with Gasteiger partial charge in [0.2, 0.25) is 0 Å². The molecule has 3 N–H and O–H groups in total. The van der Waals surface area contributed by atoms with E-state index in [9.17, 15) is 19.5 Å². The lowest BCUT2D eigenvalue weighted by Gasteiger charge is -2.19. The lowest BCUT2D eigenvalue weighted by Crippen LogP contribution is -2.30. The number of nitrogens with one attached hydrogen (secondary N) is 2. The van der Waals surface area contributed by atoms with Gasteiger partial charge in [0.15, 0.2) is 0 Å². The van der Waals surface area contributed by atoms with Crippen LogP contribution in [0.25, 0.3) is 0 Å². The number of benzene rings is 3. The number of nitrogens with zero attached hydrogens (tertiary/aromatic N) is 1. The zero-order valence-electron chi connectivity index (χ0n) is 22.4. The molecular weight excluding hydrogens is 601 g/mol. The van der Waals surface area contributed by atoms with Crippen LogP contribution in [0.15, 0.2) is 88.9 Å². The normalized spacial score (nSPS) is 11.3. The van der Waals surface area contributed by atoms with Crippen molar-refractivity contribution >= 4 is 58.4 Å². The summed E-state index contributed by atoms with van der Waals surface area (Å²) in [4.78, 5) is 42.9. The van der Waals surface area contributed by atoms with Crippen molar-refractivity contribution in [2.24, 2.45) is 0 Å². The molecule has 1 aromatic heterocycles. The monoisotopic (exact) mass is 625 g/mol. The highest BCUT2D eigenvalue weighted by atomic mass is 35.5. The molecule has 0 spiro atoms. The summed E-state index contributed by atoms with van der Waals surface area (Å²) in [5, 5.41) is 15.9. The quantitative estimate of drug-likeness (QED) is 0.167. The van der Waals surface area contributed by atoms with E-state index < -0.39 is 23.8 Å². The number of methoxy groups -OCH3 is 2. The van der Waals surface area contributed by atoms with Crippen molar-refractivity contribution in [2.45, 2.75) is 22.4 Å². The van der Waals surface area contributed by atoms with Gasteiger partial charge in [0.25, 0.3) is 11.8 Å². The third-order valence-corrected chi connectivity index (χ3v) is 7.73. The maximum Gasteiger partial charge on any atom is 0.305 e. The molecule has 42 heavy (non-hydrogen) atoms. The fourth-order valence-corrected chi connectivity index (χ4v) is 5.57. The molecule has 1 atom stereocenters. The molecule has 1 unspecified atom stereocenters. The number of amides is 2. The lowest BCUT2D eigenvalue weighted by molar-refractivity contribution is -0.137. The number of anilines is 1. The van der Waals surface area contributed by atoms with Gasteiger partial charge in [0.05, 0.1) is 52.7 Å². The van der Waals surface area contributed by atoms with E-state index in [0.29, 0.717) is 32.7 Å². The third-order valence-electron chi connectivity index (χ3n) is 6.04. The van der Waals surface area contributed by atoms with Crippen LogP contribution in [-0.2, 0) is 4.79 Å². The summed E-state index contributed by atoms with van der Waals surface area (Å²) in [6.45, 7) is 0. The molecule has 9 nitrogen and oxygen atoms in total. The number of ether oxygens (including phenoxy) is 2. The molecule has 0 saturated heterocycles. The van der Waals surface area contributed by atoms with Crippen LogP contribution in [0.2, 0.25) is 10.0 Å². The summed E-state index contributed by atoms with van der Waals surface area (Å²) in [5.41, 5.74) is 1.34. The number of halogens is 2. The number of aliphatic carboxylic acids is 1. The van der Waals surface area contributed by atoms with E-state index in [1.807, 2.05) is 0 Å². The van der Waals surface area contributed by atoms with Gasteiger partial charge in [-0.3, -0.25) is 14.4 Å². The Balaban J connectivity index is 1.54. The molecule has 1 heterocycles. The fourth-order valence-electron chi connectivity index (χ4n) is 3.98. The van der Waals surface area contributed by atoms with Gasteiger partial charge in [0.1, 0.15) is 16.5 Å². The Bertz CT molecular complexity index is 1600. The lowest BCUT2D eigenvalue weighted by atomic mass is 10.0. The number of pyridine rings is 1. The highest BCUT2D eigenvalue weighted by Crippen LogP contribution is 2.38. The van der Waals surface area contributed by atoms with E-state index in [-0.39, 0.29) is 27.6 Å². The molecule has 0 bridgehead atoms. The van der Waals surface area contributed by atoms with Crippen LogP contribution in [0, 0.1) is 0 Å². The molecule has 2 amide bonds. The second-order valence-electron chi connectivity index (χ2n) is 8.77. The van der Waals surface area contributed by atoms with Crippen molar-refractivity contribution < 1.29 is 29.0 Å². The number of carbonyl (C=O) groups excluding carboxylic acids is 2. The Hall–Kier alpha value is -4.25. The average molecular weight is 627 g/mol. The Labute approximate surface area is 256 Å². The molecule has 3 aromatic carbocycles. The minimum Gasteiger partial charge on any atom is -0.497 e. The number of aromatic nitrogens is 1. The molecule has 12 heteroatoms. The van der Waals surface area contributed by atoms with Crippen molar-refractivity contribution in [3.63, 3.8) is 0 Å². The van der Waals surface area contributed by atoms with Crippen LogP contribution in [0.5, 0.6) is 11.5 Å². The van der Waals surface area contributed by atoms with Crippen molar-refractivity contribution in [1.82, 2.24) is 10.3 Å². The Morgan fingerprint density at radius 3 is 2.29 bits per heavy atom. The predicted octanol–water partition coefficient (Wildman–Crippen LogP) is 6.75. The highest BCUT2D eigenvalue weighted by Gasteiger charge is 2.23. The predicted molar refractivity (Wildman–Crippen MR) is 161 cm³/mol. The average Bonchev–Trinajstić information content (AvgIpc) is 2.97. The first-order chi connectivity index (χ1) is 20.2. The molecular formula is C30H25Cl2N3O6S. The first kappa shape index (κ1) is 30.7. The van der Waals surface area contributed by atoms with Crippen LogP contribution in [0.1, 0.15) is 38.7 Å². The van der Waals surface area contributed by atoms with E-state index >= 15 is 0 Å². The third kappa shape index (κ3) is 7.52. The number of carboxylic acid groups (broad SMARTS) is 1. The van der Waals surface area contributed by atoms with E-state index in [0.717, 1.165) is 0 Å². The van der Waals surface area contributed by atoms with Crippen molar-refractivity contribution in [3.8, 4) is 11.5 Å². The molecule has 0 saturated carbocycles. The first-order valence-corrected chi connectivity index (χ1v) is 14.0. The summed E-state index contributed by atoms with van der Waals surface area (Å²) in [7, 11) is 3.09. The molecule has 216 valence electrons.